The molecular formula is C12H14N2O3. The minimum Gasteiger partial charge on any atom is -0.493 e. The normalized spacial score (nSPS) is 9.41. The van der Waals surface area contributed by atoms with E-state index >= 15 is 0 Å². The fraction of sp³-hybridized carbons (Fsp3) is 0.333. The second-order valence-electron chi connectivity index (χ2n) is 3.38. The van der Waals surface area contributed by atoms with Gasteiger partial charge in [0.15, 0.2) is 0 Å². The Hall–Kier alpha value is -2.22. The van der Waals surface area contributed by atoms with Crippen LogP contribution in [0, 0.1) is 22.5 Å². The summed E-state index contributed by atoms with van der Waals surface area (Å²) in [5.74, 6) is 2.88. The number of benzene rings is 1. The van der Waals surface area contributed by atoms with Crippen molar-refractivity contribution in [1.29, 1.82) is 0 Å². The molecule has 0 bridgehead atoms. The van der Waals surface area contributed by atoms with Crippen molar-refractivity contribution in [2.75, 3.05) is 18.5 Å². The van der Waals surface area contributed by atoms with E-state index < -0.39 is 4.92 Å². The Morgan fingerprint density at radius 1 is 1.53 bits per heavy atom. The molecule has 0 spiro atoms. The molecule has 1 aromatic rings. The third-order valence-corrected chi connectivity index (χ3v) is 1.97. The highest BCUT2D eigenvalue weighted by Crippen LogP contribution is 2.26. The molecule has 0 radical (unpaired) electrons. The van der Waals surface area contributed by atoms with Gasteiger partial charge in [-0.3, -0.25) is 10.1 Å². The van der Waals surface area contributed by atoms with E-state index in [1.165, 1.54) is 12.1 Å². The molecule has 0 fully saturated rings. The first-order chi connectivity index (χ1) is 8.17. The number of hydrogen-bond acceptors (Lipinski definition) is 4. The lowest BCUT2D eigenvalue weighted by molar-refractivity contribution is -0.384. The summed E-state index contributed by atoms with van der Waals surface area (Å²) < 4.78 is 5.37. The molecule has 17 heavy (non-hydrogen) atoms. The van der Waals surface area contributed by atoms with Gasteiger partial charge in [0, 0.05) is 17.8 Å². The fourth-order valence-corrected chi connectivity index (χ4v) is 1.25. The Balaban J connectivity index is 2.93. The van der Waals surface area contributed by atoms with E-state index in [2.05, 4.69) is 11.2 Å². The summed E-state index contributed by atoms with van der Waals surface area (Å²) in [6.45, 7) is 2.80. The van der Waals surface area contributed by atoms with Gasteiger partial charge >= 0.3 is 0 Å². The minimum atomic E-state index is -0.458. The molecule has 1 rings (SSSR count). The van der Waals surface area contributed by atoms with Gasteiger partial charge in [0.2, 0.25) is 0 Å². The Labute approximate surface area is 99.9 Å². The number of terminal acetylenes is 1. The van der Waals surface area contributed by atoms with Crippen molar-refractivity contribution in [3.8, 4) is 18.1 Å². The van der Waals surface area contributed by atoms with E-state index in [9.17, 15) is 10.1 Å². The highest BCUT2D eigenvalue weighted by Gasteiger charge is 2.10. The zero-order chi connectivity index (χ0) is 12.7. The topological polar surface area (TPSA) is 64.4 Å². The second-order valence-corrected chi connectivity index (χ2v) is 3.38. The summed E-state index contributed by atoms with van der Waals surface area (Å²) in [7, 11) is 0. The maximum Gasteiger partial charge on any atom is 0.275 e. The van der Waals surface area contributed by atoms with Crippen molar-refractivity contribution in [2.45, 2.75) is 13.3 Å². The van der Waals surface area contributed by atoms with Crippen LogP contribution < -0.4 is 10.1 Å². The number of nitrogens with one attached hydrogen (secondary N) is 1. The van der Waals surface area contributed by atoms with Crippen molar-refractivity contribution in [3.63, 3.8) is 0 Å². The van der Waals surface area contributed by atoms with Gasteiger partial charge in [-0.05, 0) is 6.42 Å². The van der Waals surface area contributed by atoms with Gasteiger partial charge in [-0.2, -0.15) is 0 Å². The number of nitrogens with zero attached hydrogens (tertiary/aromatic N) is 1. The SMILES string of the molecule is C#CCNc1cc(OCCC)cc([N+](=O)[O-])c1. The molecule has 0 saturated heterocycles. The first-order valence-electron chi connectivity index (χ1n) is 5.27. The van der Waals surface area contributed by atoms with Gasteiger partial charge in [-0.25, -0.2) is 0 Å². The van der Waals surface area contributed by atoms with Crippen LogP contribution in [0.4, 0.5) is 11.4 Å². The molecule has 0 aliphatic rings. The van der Waals surface area contributed by atoms with E-state index in [4.69, 9.17) is 11.2 Å². The van der Waals surface area contributed by atoms with Gasteiger partial charge in [-0.15, -0.1) is 6.42 Å². The van der Waals surface area contributed by atoms with E-state index in [0.717, 1.165) is 6.42 Å². The van der Waals surface area contributed by atoms with Gasteiger partial charge < -0.3 is 10.1 Å². The molecule has 90 valence electrons. The van der Waals surface area contributed by atoms with E-state index in [1.807, 2.05) is 6.92 Å². The first kappa shape index (κ1) is 12.8. The number of hydrogen-bond donors (Lipinski definition) is 1. The number of non-ortho nitro benzene ring substituents is 1. The molecule has 0 amide bonds. The maximum absolute atomic E-state index is 10.7. The molecule has 1 aromatic carbocycles. The molecule has 5 heteroatoms. The van der Waals surface area contributed by atoms with Crippen LogP contribution in [-0.4, -0.2) is 18.1 Å². The maximum atomic E-state index is 10.7. The lowest BCUT2D eigenvalue weighted by Crippen LogP contribution is -2.01. The lowest BCUT2D eigenvalue weighted by Gasteiger charge is -2.08. The summed E-state index contributed by atoms with van der Waals surface area (Å²) in [5, 5.41) is 13.6. The van der Waals surface area contributed by atoms with E-state index in [-0.39, 0.29) is 5.69 Å². The zero-order valence-electron chi connectivity index (χ0n) is 9.60. The standard InChI is InChI=1S/C12H14N2O3/c1-3-5-13-10-7-11(14(15)16)9-12(8-10)17-6-4-2/h1,7-9,13H,4-6H2,2H3. The molecule has 1 N–H and O–H groups in total. The second kappa shape index (κ2) is 6.38. The Bertz CT molecular complexity index is 438. The molecule has 0 saturated carbocycles. The van der Waals surface area contributed by atoms with Crippen molar-refractivity contribution in [1.82, 2.24) is 0 Å². The molecular weight excluding hydrogens is 220 g/mol. The zero-order valence-corrected chi connectivity index (χ0v) is 9.60. The van der Waals surface area contributed by atoms with Crippen LogP contribution in [0.25, 0.3) is 0 Å². The molecule has 0 heterocycles. The average Bonchev–Trinajstić information content (AvgIpc) is 2.33. The summed E-state index contributed by atoms with van der Waals surface area (Å²) in [6, 6.07) is 4.52. The number of nitro benzene ring substituents is 1. The number of ether oxygens (including phenoxy) is 1. The first-order valence-corrected chi connectivity index (χ1v) is 5.27. The van der Waals surface area contributed by atoms with Crippen LogP contribution in [0.1, 0.15) is 13.3 Å². The monoisotopic (exact) mass is 234 g/mol. The Morgan fingerprint density at radius 3 is 2.88 bits per heavy atom. The lowest BCUT2D eigenvalue weighted by atomic mass is 10.2. The average molecular weight is 234 g/mol. The van der Waals surface area contributed by atoms with Gasteiger partial charge in [-0.1, -0.05) is 12.8 Å². The summed E-state index contributed by atoms with van der Waals surface area (Å²) in [4.78, 5) is 10.3. The molecule has 5 nitrogen and oxygen atoms in total. The summed E-state index contributed by atoms with van der Waals surface area (Å²) in [6.07, 6.45) is 5.96. The van der Waals surface area contributed by atoms with Crippen LogP contribution in [-0.2, 0) is 0 Å². The van der Waals surface area contributed by atoms with Gasteiger partial charge in [0.25, 0.3) is 5.69 Å². The number of anilines is 1. The van der Waals surface area contributed by atoms with Gasteiger partial charge in [0.1, 0.15) is 5.75 Å². The van der Waals surface area contributed by atoms with Crippen molar-refractivity contribution < 1.29 is 9.66 Å². The van der Waals surface area contributed by atoms with Crippen LogP contribution in [0.15, 0.2) is 18.2 Å². The summed E-state index contributed by atoms with van der Waals surface area (Å²) in [5.41, 5.74) is 0.571. The van der Waals surface area contributed by atoms with Crippen molar-refractivity contribution >= 4 is 11.4 Å². The predicted octanol–water partition coefficient (Wildman–Crippen LogP) is 2.43. The molecule has 0 aliphatic carbocycles. The van der Waals surface area contributed by atoms with Crippen LogP contribution >= 0.6 is 0 Å². The van der Waals surface area contributed by atoms with Crippen molar-refractivity contribution in [2.24, 2.45) is 0 Å². The molecule has 0 aliphatic heterocycles. The highest BCUT2D eigenvalue weighted by molar-refractivity contribution is 5.56. The molecule has 0 unspecified atom stereocenters. The van der Waals surface area contributed by atoms with Gasteiger partial charge in [0.05, 0.1) is 24.1 Å². The Kier molecular flexibility index (Phi) is 4.82. The Morgan fingerprint density at radius 2 is 2.29 bits per heavy atom. The van der Waals surface area contributed by atoms with Crippen LogP contribution in [0.2, 0.25) is 0 Å². The quantitative estimate of drug-likeness (QED) is 0.466. The highest BCUT2D eigenvalue weighted by atomic mass is 16.6. The summed E-state index contributed by atoms with van der Waals surface area (Å²) >= 11 is 0. The van der Waals surface area contributed by atoms with Crippen molar-refractivity contribution in [3.05, 3.63) is 28.3 Å². The molecule has 0 atom stereocenters. The fourth-order valence-electron chi connectivity index (χ4n) is 1.25. The minimum absolute atomic E-state index is 0.0156. The molecule has 0 aromatic heterocycles. The third kappa shape index (κ3) is 4.03. The largest absolute Gasteiger partial charge is 0.493 e. The smallest absolute Gasteiger partial charge is 0.275 e. The van der Waals surface area contributed by atoms with E-state index in [1.54, 1.807) is 6.07 Å². The van der Waals surface area contributed by atoms with Crippen LogP contribution in [0.3, 0.4) is 0 Å². The van der Waals surface area contributed by atoms with Crippen LogP contribution in [0.5, 0.6) is 5.75 Å². The predicted molar refractivity (Wildman–Crippen MR) is 66.2 cm³/mol. The third-order valence-electron chi connectivity index (χ3n) is 1.97. The van der Waals surface area contributed by atoms with E-state index in [0.29, 0.717) is 24.6 Å². The number of rotatable bonds is 6. The number of nitro groups is 1.